The van der Waals surface area contributed by atoms with Gasteiger partial charge in [-0.3, -0.25) is 4.79 Å². The molecular formula is C17H21N3OS. The van der Waals surface area contributed by atoms with Crippen molar-refractivity contribution in [3.05, 3.63) is 40.6 Å². The average molecular weight is 315 g/mol. The minimum atomic E-state index is 0.222. The van der Waals surface area contributed by atoms with Gasteiger partial charge in [0.25, 0.3) is 0 Å². The molecule has 0 N–H and O–H groups in total. The lowest BCUT2D eigenvalue weighted by atomic mass is 10.0. The van der Waals surface area contributed by atoms with Crippen LogP contribution < -0.4 is 0 Å². The minimum absolute atomic E-state index is 0.222. The molecule has 5 heteroatoms. The van der Waals surface area contributed by atoms with Crippen molar-refractivity contribution in [2.75, 3.05) is 13.1 Å². The second kappa shape index (κ2) is 5.54. The van der Waals surface area contributed by atoms with Gasteiger partial charge in [0.1, 0.15) is 0 Å². The molecule has 2 aromatic heterocycles. The largest absolute Gasteiger partial charge is 0.340 e. The molecule has 1 amide bonds. The van der Waals surface area contributed by atoms with Gasteiger partial charge in [0, 0.05) is 47.1 Å². The van der Waals surface area contributed by atoms with E-state index in [0.717, 1.165) is 32.4 Å². The Morgan fingerprint density at radius 1 is 1.41 bits per heavy atom. The van der Waals surface area contributed by atoms with E-state index in [0.29, 0.717) is 17.9 Å². The Labute approximate surface area is 134 Å². The van der Waals surface area contributed by atoms with Crippen molar-refractivity contribution < 1.29 is 4.79 Å². The number of aromatic nitrogens is 2. The molecule has 4 nitrogen and oxygen atoms in total. The smallest absolute Gasteiger partial charge is 0.226 e. The first kappa shape index (κ1) is 14.0. The Balaban J connectivity index is 1.41. The molecule has 2 fully saturated rings. The Hall–Kier alpha value is -1.62. The summed E-state index contributed by atoms with van der Waals surface area (Å²) in [5, 5.41) is 0. The Morgan fingerprint density at radius 2 is 2.32 bits per heavy atom. The summed E-state index contributed by atoms with van der Waals surface area (Å²) >= 11 is 1.84. The lowest BCUT2D eigenvalue weighted by molar-refractivity contribution is -0.134. The van der Waals surface area contributed by atoms with Crippen LogP contribution >= 0.6 is 11.3 Å². The van der Waals surface area contributed by atoms with Gasteiger partial charge in [-0.15, -0.1) is 11.3 Å². The summed E-state index contributed by atoms with van der Waals surface area (Å²) in [5.74, 6) is 1.06. The van der Waals surface area contributed by atoms with Crippen molar-refractivity contribution in [3.8, 4) is 0 Å². The third-order valence-corrected chi connectivity index (χ3v) is 6.02. The van der Waals surface area contributed by atoms with Crippen molar-refractivity contribution in [1.82, 2.24) is 14.5 Å². The number of hydrogen-bond donors (Lipinski definition) is 0. The third kappa shape index (κ3) is 2.58. The number of imidazole rings is 1. The molecular weight excluding hydrogens is 294 g/mol. The normalized spacial score (nSPS) is 27.9. The molecule has 2 aliphatic rings. The fourth-order valence-electron chi connectivity index (χ4n) is 3.55. The second-order valence-electron chi connectivity index (χ2n) is 6.49. The highest BCUT2D eigenvalue weighted by Gasteiger charge is 2.47. The predicted octanol–water partition coefficient (Wildman–Crippen LogP) is 3.22. The number of carbonyl (C=O) groups is 1. The highest BCUT2D eigenvalue weighted by atomic mass is 32.1. The van der Waals surface area contributed by atoms with Gasteiger partial charge in [-0.1, -0.05) is 0 Å². The van der Waals surface area contributed by atoms with Gasteiger partial charge in [0.05, 0.1) is 12.4 Å². The fourth-order valence-corrected chi connectivity index (χ4v) is 4.61. The average Bonchev–Trinajstić information content (AvgIpc) is 2.95. The van der Waals surface area contributed by atoms with Gasteiger partial charge in [0.15, 0.2) is 0 Å². The number of nitrogens with zero attached hydrogens (tertiary/aromatic N) is 3. The van der Waals surface area contributed by atoms with Crippen LogP contribution in [0.25, 0.3) is 0 Å². The highest BCUT2D eigenvalue weighted by Crippen LogP contribution is 2.50. The molecule has 2 aromatic rings. The van der Waals surface area contributed by atoms with E-state index in [9.17, 15) is 4.79 Å². The molecule has 0 unspecified atom stereocenters. The summed E-state index contributed by atoms with van der Waals surface area (Å²) in [6, 6.07) is 4.75. The Kier molecular flexibility index (Phi) is 3.53. The van der Waals surface area contributed by atoms with Crippen molar-refractivity contribution >= 4 is 17.2 Å². The fraction of sp³-hybridized carbons (Fsp3) is 0.529. The minimum Gasteiger partial charge on any atom is -0.340 e. The monoisotopic (exact) mass is 315 g/mol. The number of likely N-dealkylation sites (tertiary alicyclic amines) is 1. The van der Waals surface area contributed by atoms with Crippen LogP contribution in [0.1, 0.15) is 41.0 Å². The van der Waals surface area contributed by atoms with Crippen LogP contribution in [-0.2, 0) is 4.79 Å². The Morgan fingerprint density at radius 3 is 3.05 bits per heavy atom. The van der Waals surface area contributed by atoms with E-state index in [-0.39, 0.29) is 5.92 Å². The first-order valence-electron chi connectivity index (χ1n) is 8.05. The van der Waals surface area contributed by atoms with Crippen LogP contribution in [0.15, 0.2) is 30.9 Å². The predicted molar refractivity (Wildman–Crippen MR) is 87.0 cm³/mol. The lowest BCUT2D eigenvalue weighted by Gasteiger charge is -2.33. The molecule has 0 bridgehead atoms. The van der Waals surface area contributed by atoms with E-state index >= 15 is 0 Å². The number of amides is 1. The second-order valence-corrected chi connectivity index (χ2v) is 7.81. The number of piperidine rings is 1. The van der Waals surface area contributed by atoms with Crippen molar-refractivity contribution in [2.24, 2.45) is 5.92 Å². The van der Waals surface area contributed by atoms with Crippen LogP contribution in [0.2, 0.25) is 0 Å². The zero-order valence-electron chi connectivity index (χ0n) is 12.8. The van der Waals surface area contributed by atoms with Crippen molar-refractivity contribution in [1.29, 1.82) is 0 Å². The molecule has 1 aliphatic carbocycles. The molecule has 4 rings (SSSR count). The summed E-state index contributed by atoms with van der Waals surface area (Å²) in [6.07, 6.45) is 8.95. The number of carbonyl (C=O) groups excluding carboxylic acids is 1. The zero-order chi connectivity index (χ0) is 15.1. The quantitative estimate of drug-likeness (QED) is 0.872. The van der Waals surface area contributed by atoms with E-state index < -0.39 is 0 Å². The molecule has 0 aromatic carbocycles. The van der Waals surface area contributed by atoms with Crippen LogP contribution in [0.4, 0.5) is 0 Å². The molecule has 116 valence electrons. The number of thiophene rings is 1. The van der Waals surface area contributed by atoms with E-state index in [1.165, 1.54) is 9.75 Å². The van der Waals surface area contributed by atoms with E-state index in [4.69, 9.17) is 0 Å². The maximum Gasteiger partial charge on any atom is 0.226 e. The van der Waals surface area contributed by atoms with Crippen LogP contribution in [0, 0.1) is 12.8 Å². The molecule has 1 saturated carbocycles. The molecule has 22 heavy (non-hydrogen) atoms. The van der Waals surface area contributed by atoms with E-state index in [1.807, 2.05) is 30.1 Å². The van der Waals surface area contributed by atoms with Crippen molar-refractivity contribution in [3.63, 3.8) is 0 Å². The van der Waals surface area contributed by atoms with Crippen molar-refractivity contribution in [2.45, 2.75) is 38.1 Å². The summed E-state index contributed by atoms with van der Waals surface area (Å²) in [6.45, 7) is 3.88. The highest BCUT2D eigenvalue weighted by molar-refractivity contribution is 7.12. The molecule has 0 radical (unpaired) electrons. The zero-order valence-corrected chi connectivity index (χ0v) is 13.6. The number of aryl methyl sites for hydroxylation is 1. The first-order chi connectivity index (χ1) is 10.7. The molecule has 0 spiro atoms. The molecule has 3 heterocycles. The van der Waals surface area contributed by atoms with Gasteiger partial charge in [0.2, 0.25) is 5.91 Å². The summed E-state index contributed by atoms with van der Waals surface area (Å²) in [5.41, 5.74) is 0. The van der Waals surface area contributed by atoms with E-state index in [2.05, 4.69) is 33.5 Å². The summed E-state index contributed by atoms with van der Waals surface area (Å²) < 4.78 is 2.15. The Bertz CT molecular complexity index is 663. The maximum absolute atomic E-state index is 12.8. The standard InChI is InChI=1S/C17H21N3OS/c1-12-4-5-16(22-12)14-9-15(14)17(21)19-7-2-3-13(10-19)20-8-6-18-11-20/h4-6,8,11,13-15H,2-3,7,9-10H2,1H3/t13-,14+,15-/m0/s1. The first-order valence-corrected chi connectivity index (χ1v) is 8.86. The molecule has 1 aliphatic heterocycles. The van der Waals surface area contributed by atoms with Gasteiger partial charge in [-0.05, 0) is 38.3 Å². The number of hydrogen-bond acceptors (Lipinski definition) is 3. The van der Waals surface area contributed by atoms with Gasteiger partial charge < -0.3 is 9.47 Å². The SMILES string of the molecule is Cc1ccc([C@@H]2C[C@@H]2C(=O)N2CCC[C@H](n3ccnc3)C2)s1. The lowest BCUT2D eigenvalue weighted by Crippen LogP contribution is -2.41. The van der Waals surface area contributed by atoms with E-state index in [1.54, 1.807) is 0 Å². The van der Waals surface area contributed by atoms with Crippen LogP contribution in [-0.4, -0.2) is 33.4 Å². The van der Waals surface area contributed by atoms with Crippen LogP contribution in [0.3, 0.4) is 0 Å². The van der Waals surface area contributed by atoms with Crippen LogP contribution in [0.5, 0.6) is 0 Å². The number of rotatable bonds is 3. The van der Waals surface area contributed by atoms with Gasteiger partial charge >= 0.3 is 0 Å². The molecule has 1 saturated heterocycles. The third-order valence-electron chi connectivity index (χ3n) is 4.89. The van der Waals surface area contributed by atoms with Gasteiger partial charge in [-0.2, -0.15) is 0 Å². The maximum atomic E-state index is 12.8. The van der Waals surface area contributed by atoms with Gasteiger partial charge in [-0.25, -0.2) is 4.98 Å². The summed E-state index contributed by atoms with van der Waals surface area (Å²) in [7, 11) is 0. The topological polar surface area (TPSA) is 38.1 Å². The summed E-state index contributed by atoms with van der Waals surface area (Å²) in [4.78, 5) is 21.7. The molecule has 3 atom stereocenters.